The summed E-state index contributed by atoms with van der Waals surface area (Å²) < 4.78 is 11.3. The number of likely N-dealkylation sites (N-methyl/N-ethyl adjacent to an activating group) is 1. The molecule has 104 valence electrons. The molecule has 4 nitrogen and oxygen atoms in total. The van der Waals surface area contributed by atoms with E-state index in [4.69, 9.17) is 9.47 Å². The summed E-state index contributed by atoms with van der Waals surface area (Å²) in [6, 6.07) is 5.96. The van der Waals surface area contributed by atoms with E-state index < -0.39 is 5.60 Å². The SMILES string of the molecule is COc1cc(CC2(O)CC2)ccc1OC1CN(C)C1. The molecule has 1 saturated heterocycles. The highest BCUT2D eigenvalue weighted by atomic mass is 16.5. The first-order chi connectivity index (χ1) is 9.08. The van der Waals surface area contributed by atoms with Crippen LogP contribution in [0.1, 0.15) is 18.4 Å². The van der Waals surface area contributed by atoms with Crippen molar-refractivity contribution in [2.24, 2.45) is 0 Å². The Labute approximate surface area is 113 Å². The summed E-state index contributed by atoms with van der Waals surface area (Å²) in [7, 11) is 3.74. The summed E-state index contributed by atoms with van der Waals surface area (Å²) in [5, 5.41) is 9.96. The third-order valence-electron chi connectivity index (χ3n) is 3.91. The number of likely N-dealkylation sites (tertiary alicyclic amines) is 1. The van der Waals surface area contributed by atoms with Crippen LogP contribution in [0.2, 0.25) is 0 Å². The Morgan fingerprint density at radius 3 is 2.63 bits per heavy atom. The molecule has 1 heterocycles. The predicted molar refractivity (Wildman–Crippen MR) is 72.8 cm³/mol. The molecular formula is C15H21NO3. The van der Waals surface area contributed by atoms with E-state index in [2.05, 4.69) is 11.9 Å². The molecule has 3 rings (SSSR count). The van der Waals surface area contributed by atoms with E-state index in [1.165, 1.54) is 0 Å². The monoisotopic (exact) mass is 263 g/mol. The number of nitrogens with zero attached hydrogens (tertiary/aromatic N) is 1. The van der Waals surface area contributed by atoms with E-state index in [0.29, 0.717) is 6.42 Å². The molecule has 4 heteroatoms. The minimum atomic E-state index is -0.468. The zero-order valence-corrected chi connectivity index (χ0v) is 11.6. The molecule has 0 amide bonds. The number of hydrogen-bond donors (Lipinski definition) is 1. The number of ether oxygens (including phenoxy) is 2. The molecule has 0 aromatic heterocycles. The lowest BCUT2D eigenvalue weighted by atomic mass is 10.1. The predicted octanol–water partition coefficient (Wildman–Crippen LogP) is 1.46. The highest BCUT2D eigenvalue weighted by molar-refractivity contribution is 5.43. The molecule has 2 fully saturated rings. The number of aliphatic hydroxyl groups is 1. The topological polar surface area (TPSA) is 41.9 Å². The van der Waals surface area contributed by atoms with Crippen molar-refractivity contribution >= 4 is 0 Å². The normalized spacial score (nSPS) is 21.8. The van der Waals surface area contributed by atoms with Crippen LogP contribution in [0.15, 0.2) is 18.2 Å². The van der Waals surface area contributed by atoms with Crippen molar-refractivity contribution in [1.82, 2.24) is 4.90 Å². The van der Waals surface area contributed by atoms with Gasteiger partial charge < -0.3 is 14.6 Å². The Bertz CT molecular complexity index is 464. The van der Waals surface area contributed by atoms with Crippen molar-refractivity contribution in [1.29, 1.82) is 0 Å². The van der Waals surface area contributed by atoms with Crippen LogP contribution in [-0.2, 0) is 6.42 Å². The lowest BCUT2D eigenvalue weighted by Gasteiger charge is -2.36. The lowest BCUT2D eigenvalue weighted by molar-refractivity contribution is 0.0369. The van der Waals surface area contributed by atoms with Crippen LogP contribution < -0.4 is 9.47 Å². The second-order valence-electron chi connectivity index (χ2n) is 5.85. The van der Waals surface area contributed by atoms with Gasteiger partial charge in [0, 0.05) is 19.5 Å². The Morgan fingerprint density at radius 1 is 1.32 bits per heavy atom. The van der Waals surface area contributed by atoms with Crippen LogP contribution in [0.3, 0.4) is 0 Å². The summed E-state index contributed by atoms with van der Waals surface area (Å²) in [5.41, 5.74) is 0.638. The minimum Gasteiger partial charge on any atom is -0.493 e. The van der Waals surface area contributed by atoms with Gasteiger partial charge >= 0.3 is 0 Å². The van der Waals surface area contributed by atoms with Crippen LogP contribution >= 0.6 is 0 Å². The molecule has 0 bridgehead atoms. The summed E-state index contributed by atoms with van der Waals surface area (Å²) in [5.74, 6) is 1.56. The highest BCUT2D eigenvalue weighted by Gasteiger charge is 2.40. The maximum Gasteiger partial charge on any atom is 0.161 e. The molecule has 1 aromatic rings. The Balaban J connectivity index is 1.69. The second-order valence-corrected chi connectivity index (χ2v) is 5.85. The van der Waals surface area contributed by atoms with Gasteiger partial charge in [0.25, 0.3) is 0 Å². The third-order valence-corrected chi connectivity index (χ3v) is 3.91. The van der Waals surface area contributed by atoms with Gasteiger partial charge in [0.15, 0.2) is 11.5 Å². The van der Waals surface area contributed by atoms with Gasteiger partial charge in [-0.3, -0.25) is 4.90 Å². The van der Waals surface area contributed by atoms with Crippen LogP contribution in [0, 0.1) is 0 Å². The number of methoxy groups -OCH3 is 1. The van der Waals surface area contributed by atoms with Gasteiger partial charge in [-0.05, 0) is 37.6 Å². The van der Waals surface area contributed by atoms with Crippen molar-refractivity contribution in [3.63, 3.8) is 0 Å². The van der Waals surface area contributed by atoms with E-state index in [-0.39, 0.29) is 6.10 Å². The average Bonchev–Trinajstić information content (AvgIpc) is 3.06. The molecule has 0 spiro atoms. The number of hydrogen-bond acceptors (Lipinski definition) is 4. The first kappa shape index (κ1) is 12.8. The zero-order chi connectivity index (χ0) is 13.5. The molecule has 1 aliphatic carbocycles. The van der Waals surface area contributed by atoms with Crippen molar-refractivity contribution in [3.05, 3.63) is 23.8 Å². The van der Waals surface area contributed by atoms with Crippen molar-refractivity contribution < 1.29 is 14.6 Å². The molecule has 1 aliphatic heterocycles. The highest BCUT2D eigenvalue weighted by Crippen LogP contribution is 2.40. The van der Waals surface area contributed by atoms with Gasteiger partial charge in [0.05, 0.1) is 12.7 Å². The minimum absolute atomic E-state index is 0.261. The number of benzene rings is 1. The summed E-state index contributed by atoms with van der Waals surface area (Å²) in [6.07, 6.45) is 2.78. The first-order valence-electron chi connectivity index (χ1n) is 6.82. The number of rotatable bonds is 5. The summed E-state index contributed by atoms with van der Waals surface area (Å²) in [4.78, 5) is 2.22. The van der Waals surface area contributed by atoms with Gasteiger partial charge in [-0.25, -0.2) is 0 Å². The van der Waals surface area contributed by atoms with E-state index >= 15 is 0 Å². The molecule has 0 radical (unpaired) electrons. The Morgan fingerprint density at radius 2 is 2.05 bits per heavy atom. The van der Waals surface area contributed by atoms with Gasteiger partial charge in [-0.1, -0.05) is 6.07 Å². The average molecular weight is 263 g/mol. The van der Waals surface area contributed by atoms with E-state index in [1.54, 1.807) is 7.11 Å². The first-order valence-corrected chi connectivity index (χ1v) is 6.82. The summed E-state index contributed by atoms with van der Waals surface area (Å²) >= 11 is 0. The maximum atomic E-state index is 9.96. The fourth-order valence-corrected chi connectivity index (χ4v) is 2.52. The van der Waals surface area contributed by atoms with E-state index in [1.807, 2.05) is 18.2 Å². The van der Waals surface area contributed by atoms with Crippen LogP contribution in [0.4, 0.5) is 0 Å². The van der Waals surface area contributed by atoms with Crippen molar-refractivity contribution in [3.8, 4) is 11.5 Å². The van der Waals surface area contributed by atoms with E-state index in [0.717, 1.165) is 43.0 Å². The van der Waals surface area contributed by atoms with Gasteiger partial charge in [-0.15, -0.1) is 0 Å². The van der Waals surface area contributed by atoms with Crippen LogP contribution in [0.5, 0.6) is 11.5 Å². The van der Waals surface area contributed by atoms with Crippen molar-refractivity contribution in [2.45, 2.75) is 31.0 Å². The second kappa shape index (κ2) is 4.69. The molecule has 2 aliphatic rings. The molecule has 19 heavy (non-hydrogen) atoms. The molecule has 1 saturated carbocycles. The van der Waals surface area contributed by atoms with Gasteiger partial charge in [-0.2, -0.15) is 0 Å². The fourth-order valence-electron chi connectivity index (χ4n) is 2.52. The molecule has 0 atom stereocenters. The molecule has 1 aromatic carbocycles. The van der Waals surface area contributed by atoms with Gasteiger partial charge in [0.1, 0.15) is 6.10 Å². The third kappa shape index (κ3) is 2.85. The largest absolute Gasteiger partial charge is 0.493 e. The molecule has 0 unspecified atom stereocenters. The lowest BCUT2D eigenvalue weighted by Crippen LogP contribution is -2.51. The molecular weight excluding hydrogens is 242 g/mol. The Kier molecular flexibility index (Phi) is 3.15. The van der Waals surface area contributed by atoms with Crippen LogP contribution in [-0.4, -0.2) is 49.0 Å². The zero-order valence-electron chi connectivity index (χ0n) is 11.6. The fraction of sp³-hybridized carbons (Fsp3) is 0.600. The van der Waals surface area contributed by atoms with Crippen LogP contribution in [0.25, 0.3) is 0 Å². The summed E-state index contributed by atoms with van der Waals surface area (Å²) in [6.45, 7) is 1.93. The quantitative estimate of drug-likeness (QED) is 0.873. The standard InChI is InChI=1S/C15H21NO3/c1-16-9-12(10-16)19-13-4-3-11(7-14(13)18-2)8-15(17)5-6-15/h3-4,7,12,17H,5-6,8-10H2,1-2H3. The maximum absolute atomic E-state index is 9.96. The Hall–Kier alpha value is -1.26. The smallest absolute Gasteiger partial charge is 0.161 e. The van der Waals surface area contributed by atoms with Crippen molar-refractivity contribution in [2.75, 3.05) is 27.2 Å². The molecule has 1 N–H and O–H groups in total. The van der Waals surface area contributed by atoms with E-state index in [9.17, 15) is 5.11 Å². The van der Waals surface area contributed by atoms with Gasteiger partial charge in [0.2, 0.25) is 0 Å².